The maximum absolute atomic E-state index is 11.2. The second kappa shape index (κ2) is 5.11. The number of benzene rings is 1. The monoisotopic (exact) mass is 320 g/mol. The first kappa shape index (κ1) is 12.0. The third-order valence-corrected chi connectivity index (χ3v) is 3.59. The second-order valence-electron chi connectivity index (χ2n) is 2.98. The molecule has 0 aliphatic rings. The van der Waals surface area contributed by atoms with Gasteiger partial charge in [-0.15, -0.1) is 0 Å². The molecule has 0 heterocycles. The van der Waals surface area contributed by atoms with E-state index in [0.29, 0.717) is 14.7 Å². The Morgan fingerprint density at radius 3 is 2.53 bits per heavy atom. The summed E-state index contributed by atoms with van der Waals surface area (Å²) < 4.78 is 11.4. The van der Waals surface area contributed by atoms with Crippen molar-refractivity contribution in [3.63, 3.8) is 0 Å². The number of Topliss-reactive ketones (excluding diaryl/α,β-unsaturated/α-hetero) is 1. The van der Waals surface area contributed by atoms with Crippen LogP contribution in [0.4, 0.5) is 0 Å². The van der Waals surface area contributed by atoms with E-state index in [4.69, 9.17) is 5.11 Å². The van der Waals surface area contributed by atoms with Crippen LogP contribution in [0.3, 0.4) is 0 Å². The fourth-order valence-electron chi connectivity index (χ4n) is 1.24. The summed E-state index contributed by atoms with van der Waals surface area (Å²) in [6, 6.07) is 4.77. The van der Waals surface area contributed by atoms with Gasteiger partial charge in [-0.1, -0.05) is 18.2 Å². The highest BCUT2D eigenvalue weighted by molar-refractivity contribution is 14.1. The van der Waals surface area contributed by atoms with Crippen LogP contribution in [0.5, 0.6) is 0 Å². The van der Waals surface area contributed by atoms with Crippen molar-refractivity contribution in [2.75, 3.05) is 0 Å². The predicted molar refractivity (Wildman–Crippen MR) is 61.2 cm³/mol. The molecule has 0 radical (unpaired) electrons. The van der Waals surface area contributed by atoms with E-state index in [-0.39, 0.29) is 12.2 Å². The molecule has 0 aromatic heterocycles. The van der Waals surface area contributed by atoms with Crippen LogP contribution in [0, 0.1) is 3.57 Å². The molecule has 15 heavy (non-hydrogen) atoms. The van der Waals surface area contributed by atoms with Crippen molar-refractivity contribution in [3.8, 4) is 0 Å². The van der Waals surface area contributed by atoms with Gasteiger partial charge in [0.1, 0.15) is 0 Å². The minimum atomic E-state index is -1.53. The standard InChI is InChI=1S/C10H9IO4/c1-6(12)8-4-2-3-7(5-9(13)14)10(8)11-15/h2-4H,5H2,1H3,(H,13,14). The summed E-state index contributed by atoms with van der Waals surface area (Å²) in [7, 11) is 0. The molecule has 0 saturated heterocycles. The quantitative estimate of drug-likeness (QED) is 0.680. The van der Waals surface area contributed by atoms with Gasteiger partial charge in [-0.2, -0.15) is 0 Å². The summed E-state index contributed by atoms with van der Waals surface area (Å²) in [5.41, 5.74) is 0.842. The first-order chi connectivity index (χ1) is 7.06. The number of hydrogen-bond acceptors (Lipinski definition) is 3. The summed E-state index contributed by atoms with van der Waals surface area (Å²) in [5.74, 6) is -1.18. The Morgan fingerprint density at radius 1 is 1.40 bits per heavy atom. The van der Waals surface area contributed by atoms with E-state index in [9.17, 15) is 12.7 Å². The van der Waals surface area contributed by atoms with Crippen molar-refractivity contribution in [3.05, 3.63) is 32.9 Å². The second-order valence-corrected chi connectivity index (χ2v) is 4.50. The van der Waals surface area contributed by atoms with Gasteiger partial charge in [0, 0.05) is 5.56 Å². The highest BCUT2D eigenvalue weighted by Crippen LogP contribution is 2.22. The average Bonchev–Trinajstić information content (AvgIpc) is 2.16. The van der Waals surface area contributed by atoms with Gasteiger partial charge >= 0.3 is 5.97 Å². The van der Waals surface area contributed by atoms with Crippen molar-refractivity contribution in [2.24, 2.45) is 0 Å². The summed E-state index contributed by atoms with van der Waals surface area (Å²) in [6.07, 6.45) is -0.196. The number of halogens is 1. The van der Waals surface area contributed by atoms with Crippen LogP contribution in [0.1, 0.15) is 22.8 Å². The average molecular weight is 320 g/mol. The fraction of sp³-hybridized carbons (Fsp3) is 0.200. The van der Waals surface area contributed by atoms with Gasteiger partial charge in [0.15, 0.2) is 27.0 Å². The molecule has 80 valence electrons. The number of carboxylic acids is 1. The number of rotatable bonds is 4. The van der Waals surface area contributed by atoms with Crippen LogP contribution in [-0.2, 0) is 14.3 Å². The Balaban J connectivity index is 3.27. The van der Waals surface area contributed by atoms with Crippen molar-refractivity contribution >= 4 is 32.9 Å². The molecule has 0 bridgehead atoms. The van der Waals surface area contributed by atoms with Crippen molar-refractivity contribution in [1.29, 1.82) is 0 Å². The summed E-state index contributed by atoms with van der Waals surface area (Å²) >= 11 is -1.53. The van der Waals surface area contributed by atoms with Gasteiger partial charge in [0.05, 0.1) is 9.99 Å². The lowest BCUT2D eigenvalue weighted by Gasteiger charge is -2.04. The topological polar surface area (TPSA) is 71.4 Å². The molecule has 1 aromatic rings. The number of carboxylic acid groups (broad SMARTS) is 1. The molecule has 0 aliphatic carbocycles. The SMILES string of the molecule is CC(=O)c1cccc(CC(=O)O)c1I=O. The van der Waals surface area contributed by atoms with Crippen molar-refractivity contribution in [1.82, 2.24) is 0 Å². The zero-order valence-corrected chi connectivity index (χ0v) is 10.1. The maximum Gasteiger partial charge on any atom is 0.307 e. The number of aliphatic carboxylic acids is 1. The Morgan fingerprint density at radius 2 is 2.07 bits per heavy atom. The third-order valence-electron chi connectivity index (χ3n) is 1.88. The molecule has 0 atom stereocenters. The fourth-order valence-corrected chi connectivity index (χ4v) is 2.69. The minimum Gasteiger partial charge on any atom is -0.481 e. The molecular weight excluding hydrogens is 311 g/mol. The minimum absolute atomic E-state index is 0.187. The highest BCUT2D eigenvalue weighted by atomic mass is 127. The number of carbonyl (C=O) groups is 2. The molecule has 0 unspecified atom stereocenters. The molecule has 1 aromatic carbocycles. The lowest BCUT2D eigenvalue weighted by atomic mass is 10.1. The molecule has 1 N–H and O–H groups in total. The molecule has 0 saturated carbocycles. The zero-order chi connectivity index (χ0) is 11.4. The van der Waals surface area contributed by atoms with E-state index in [2.05, 4.69) is 0 Å². The first-order valence-corrected chi connectivity index (χ1v) is 6.14. The van der Waals surface area contributed by atoms with E-state index in [1.165, 1.54) is 6.92 Å². The largest absolute Gasteiger partial charge is 0.481 e. The number of carbonyl (C=O) groups excluding carboxylic acids is 1. The smallest absolute Gasteiger partial charge is 0.307 e. The van der Waals surface area contributed by atoms with Gasteiger partial charge in [0.25, 0.3) is 0 Å². The third kappa shape index (κ3) is 2.92. The highest BCUT2D eigenvalue weighted by Gasteiger charge is 2.13. The molecule has 0 aliphatic heterocycles. The molecule has 5 heteroatoms. The predicted octanol–water partition coefficient (Wildman–Crippen LogP) is 2.00. The number of ketones is 1. The number of hydrogen-bond donors (Lipinski definition) is 1. The Labute approximate surface area is 96.9 Å². The summed E-state index contributed by atoms with van der Waals surface area (Å²) in [5, 5.41) is 8.64. The van der Waals surface area contributed by atoms with Crippen LogP contribution in [0.25, 0.3) is 0 Å². The molecule has 0 amide bonds. The van der Waals surface area contributed by atoms with E-state index in [1.54, 1.807) is 18.2 Å². The van der Waals surface area contributed by atoms with Crippen molar-refractivity contribution in [2.45, 2.75) is 13.3 Å². The first-order valence-electron chi connectivity index (χ1n) is 4.18. The van der Waals surface area contributed by atoms with Gasteiger partial charge in [-0.3, -0.25) is 12.7 Å². The van der Waals surface area contributed by atoms with E-state index in [1.807, 2.05) is 0 Å². The zero-order valence-electron chi connectivity index (χ0n) is 7.99. The normalized spacial score (nSPS) is 9.93. The summed E-state index contributed by atoms with van der Waals surface area (Å²) in [6.45, 7) is 1.38. The van der Waals surface area contributed by atoms with E-state index < -0.39 is 27.2 Å². The van der Waals surface area contributed by atoms with Gasteiger partial charge < -0.3 is 5.11 Å². The lowest BCUT2D eigenvalue weighted by molar-refractivity contribution is -0.136. The van der Waals surface area contributed by atoms with Gasteiger partial charge in [-0.25, -0.2) is 0 Å². The van der Waals surface area contributed by atoms with Gasteiger partial charge in [0.2, 0.25) is 0 Å². The van der Waals surface area contributed by atoms with Crippen LogP contribution in [0.15, 0.2) is 18.2 Å². The molecular formula is C10H9IO4. The Kier molecular flexibility index (Phi) is 4.07. The van der Waals surface area contributed by atoms with Crippen LogP contribution < -0.4 is 0 Å². The summed E-state index contributed by atoms with van der Waals surface area (Å²) in [4.78, 5) is 21.7. The molecule has 1 rings (SSSR count). The van der Waals surface area contributed by atoms with E-state index >= 15 is 0 Å². The van der Waals surface area contributed by atoms with Crippen LogP contribution in [-0.4, -0.2) is 16.9 Å². The van der Waals surface area contributed by atoms with Crippen LogP contribution >= 0.6 is 21.2 Å². The van der Waals surface area contributed by atoms with Crippen molar-refractivity contribution < 1.29 is 17.8 Å². The molecule has 4 nitrogen and oxygen atoms in total. The molecule has 0 fully saturated rings. The molecule has 0 spiro atoms. The maximum atomic E-state index is 11.2. The Bertz CT molecular complexity index is 425. The lowest BCUT2D eigenvalue weighted by Crippen LogP contribution is -2.06. The van der Waals surface area contributed by atoms with E-state index in [0.717, 1.165) is 0 Å². The Hall–Kier alpha value is -1.11. The van der Waals surface area contributed by atoms with Gasteiger partial charge in [-0.05, 0) is 12.5 Å². The van der Waals surface area contributed by atoms with Crippen LogP contribution in [0.2, 0.25) is 0 Å².